The van der Waals surface area contributed by atoms with Crippen molar-refractivity contribution in [3.8, 4) is 11.4 Å². The molecule has 4 rings (SSSR count). The van der Waals surface area contributed by atoms with E-state index in [0.717, 1.165) is 12.0 Å². The number of aromatic nitrogens is 2. The molecule has 0 radical (unpaired) electrons. The number of benzene rings is 1. The minimum atomic E-state index is -0.172. The molecule has 2 aromatic rings. The topological polar surface area (TPSA) is 59.2 Å². The zero-order chi connectivity index (χ0) is 16.9. The molecule has 2 aliphatic rings. The van der Waals surface area contributed by atoms with E-state index in [1.807, 2.05) is 4.90 Å². The average Bonchev–Trinajstić information content (AvgIpc) is 3.24. The second-order valence-corrected chi connectivity index (χ2v) is 7.87. The Balaban J connectivity index is 1.56. The number of carbonyl (C=O) groups is 1. The molecule has 1 atom stereocenters. The van der Waals surface area contributed by atoms with Crippen molar-refractivity contribution in [1.82, 2.24) is 15.0 Å². The van der Waals surface area contributed by atoms with Crippen molar-refractivity contribution in [1.29, 1.82) is 0 Å². The minimum absolute atomic E-state index is 0.00703. The van der Waals surface area contributed by atoms with Crippen molar-refractivity contribution in [3.63, 3.8) is 0 Å². The van der Waals surface area contributed by atoms with Crippen LogP contribution in [0.4, 0.5) is 0 Å². The van der Waals surface area contributed by atoms with E-state index in [-0.39, 0.29) is 17.4 Å². The number of likely N-dealkylation sites (tertiary alicyclic amines) is 1. The zero-order valence-corrected chi connectivity index (χ0v) is 14.5. The Kier molecular flexibility index (Phi) is 3.48. The summed E-state index contributed by atoms with van der Waals surface area (Å²) in [5, 5.41) is 4.15. The minimum Gasteiger partial charge on any atom is -0.339 e. The number of hydrogen-bond acceptors (Lipinski definition) is 4. The Bertz CT molecular complexity index is 788. The van der Waals surface area contributed by atoms with Crippen LogP contribution in [0.3, 0.4) is 0 Å². The lowest BCUT2D eigenvalue weighted by Crippen LogP contribution is -2.42. The first-order chi connectivity index (χ1) is 11.4. The normalized spacial score (nSPS) is 20.7. The van der Waals surface area contributed by atoms with Gasteiger partial charge in [-0.05, 0) is 57.2 Å². The fourth-order valence-corrected chi connectivity index (χ4v) is 3.75. The van der Waals surface area contributed by atoms with Gasteiger partial charge >= 0.3 is 0 Å². The second-order valence-electron chi connectivity index (χ2n) is 7.87. The third-order valence-corrected chi connectivity index (χ3v) is 5.08. The molecule has 0 saturated carbocycles. The molecule has 1 saturated heterocycles. The highest BCUT2D eigenvalue weighted by atomic mass is 16.5. The number of rotatable bonds is 2. The monoisotopic (exact) mass is 325 g/mol. The van der Waals surface area contributed by atoms with Crippen molar-refractivity contribution in [2.45, 2.75) is 57.9 Å². The number of hydrogen-bond donors (Lipinski definition) is 0. The van der Waals surface area contributed by atoms with Crippen LogP contribution in [0.2, 0.25) is 0 Å². The smallest absolute Gasteiger partial charge is 0.232 e. The Labute approximate surface area is 142 Å². The summed E-state index contributed by atoms with van der Waals surface area (Å²) < 4.78 is 5.49. The molecule has 24 heavy (non-hydrogen) atoms. The summed E-state index contributed by atoms with van der Waals surface area (Å²) in [6, 6.07) is 6.42. The molecule has 0 bridgehead atoms. The zero-order valence-electron chi connectivity index (χ0n) is 14.5. The number of carbonyl (C=O) groups excluding carboxylic acids is 1. The Morgan fingerprint density at radius 2 is 2.00 bits per heavy atom. The number of aryl methyl sites for hydroxylation is 2. The van der Waals surface area contributed by atoms with Gasteiger partial charge in [-0.25, -0.2) is 0 Å². The number of fused-ring (bicyclic) bond motifs is 1. The molecule has 1 aliphatic carbocycles. The molecule has 126 valence electrons. The van der Waals surface area contributed by atoms with Crippen LogP contribution in [-0.2, 0) is 17.6 Å². The molecule has 1 amide bonds. The first-order valence-corrected chi connectivity index (χ1v) is 8.68. The lowest BCUT2D eigenvalue weighted by atomic mass is 10.1. The van der Waals surface area contributed by atoms with Crippen molar-refractivity contribution in [2.75, 3.05) is 6.54 Å². The molecule has 0 unspecified atom stereocenters. The van der Waals surface area contributed by atoms with E-state index in [1.165, 1.54) is 24.0 Å². The van der Waals surface area contributed by atoms with Crippen LogP contribution >= 0.6 is 0 Å². The Hall–Kier alpha value is -2.17. The van der Waals surface area contributed by atoms with Crippen LogP contribution in [-0.4, -0.2) is 33.0 Å². The summed E-state index contributed by atoms with van der Waals surface area (Å²) in [5.41, 5.74) is 3.66. The Morgan fingerprint density at radius 1 is 1.21 bits per heavy atom. The number of amides is 1. The first-order valence-electron chi connectivity index (χ1n) is 8.68. The van der Waals surface area contributed by atoms with Gasteiger partial charge in [0, 0.05) is 24.1 Å². The van der Waals surface area contributed by atoms with Crippen LogP contribution < -0.4 is 0 Å². The summed E-state index contributed by atoms with van der Waals surface area (Å²) in [4.78, 5) is 18.7. The lowest BCUT2D eigenvalue weighted by Gasteiger charge is -2.31. The second kappa shape index (κ2) is 5.43. The van der Waals surface area contributed by atoms with E-state index in [0.29, 0.717) is 24.7 Å². The van der Waals surface area contributed by atoms with E-state index < -0.39 is 0 Å². The molecule has 2 heterocycles. The quantitative estimate of drug-likeness (QED) is 0.849. The average molecular weight is 325 g/mol. The van der Waals surface area contributed by atoms with E-state index in [4.69, 9.17) is 4.52 Å². The summed E-state index contributed by atoms with van der Waals surface area (Å²) >= 11 is 0. The van der Waals surface area contributed by atoms with Crippen LogP contribution in [0.5, 0.6) is 0 Å². The summed E-state index contributed by atoms with van der Waals surface area (Å²) in [6.45, 7) is 6.80. The van der Waals surface area contributed by atoms with E-state index in [2.05, 4.69) is 49.1 Å². The molecular formula is C19H23N3O2. The van der Waals surface area contributed by atoms with Gasteiger partial charge in [0.05, 0.1) is 5.92 Å². The molecule has 0 spiro atoms. The summed E-state index contributed by atoms with van der Waals surface area (Å²) in [7, 11) is 0. The molecule has 1 fully saturated rings. The van der Waals surface area contributed by atoms with Crippen LogP contribution in [0.15, 0.2) is 22.7 Å². The van der Waals surface area contributed by atoms with Crippen molar-refractivity contribution in [3.05, 3.63) is 35.2 Å². The third-order valence-electron chi connectivity index (χ3n) is 5.08. The Morgan fingerprint density at radius 3 is 2.75 bits per heavy atom. The molecule has 0 N–H and O–H groups in total. The molecule has 5 nitrogen and oxygen atoms in total. The third kappa shape index (κ3) is 2.62. The van der Waals surface area contributed by atoms with Crippen LogP contribution in [0, 0.1) is 0 Å². The standard InChI is InChI=1S/C19H23N3O2/c1-19(2,3)22-11-15(10-16(22)23)18-20-17(21-24-18)14-8-7-12-5-4-6-13(12)9-14/h7-9,15H,4-6,10-11H2,1-3H3/t15-/m0/s1. The highest BCUT2D eigenvalue weighted by molar-refractivity contribution is 5.80. The van der Waals surface area contributed by atoms with Crippen molar-refractivity contribution < 1.29 is 9.32 Å². The molecule has 5 heteroatoms. The lowest BCUT2D eigenvalue weighted by molar-refractivity contribution is -0.131. The maximum absolute atomic E-state index is 12.2. The van der Waals surface area contributed by atoms with Crippen LogP contribution in [0.1, 0.15) is 56.5 Å². The van der Waals surface area contributed by atoms with Gasteiger partial charge in [0.25, 0.3) is 0 Å². The summed E-state index contributed by atoms with van der Waals surface area (Å²) in [5.74, 6) is 1.35. The van der Waals surface area contributed by atoms with Crippen LogP contribution in [0.25, 0.3) is 11.4 Å². The van der Waals surface area contributed by atoms with Gasteiger partial charge in [-0.15, -0.1) is 0 Å². The van der Waals surface area contributed by atoms with Crippen molar-refractivity contribution >= 4 is 5.91 Å². The van der Waals surface area contributed by atoms with Gasteiger partial charge in [0.1, 0.15) is 0 Å². The molecule has 1 aromatic carbocycles. The highest BCUT2D eigenvalue weighted by Gasteiger charge is 2.39. The fourth-order valence-electron chi connectivity index (χ4n) is 3.75. The van der Waals surface area contributed by atoms with Gasteiger partial charge in [-0.2, -0.15) is 4.98 Å². The van der Waals surface area contributed by atoms with Crippen molar-refractivity contribution in [2.24, 2.45) is 0 Å². The molecule has 1 aromatic heterocycles. The van der Waals surface area contributed by atoms with Gasteiger partial charge in [-0.3, -0.25) is 4.79 Å². The van der Waals surface area contributed by atoms with Gasteiger partial charge in [-0.1, -0.05) is 17.3 Å². The van der Waals surface area contributed by atoms with E-state index in [9.17, 15) is 4.79 Å². The van der Waals surface area contributed by atoms with Gasteiger partial charge in [0.15, 0.2) is 0 Å². The van der Waals surface area contributed by atoms with Gasteiger partial charge < -0.3 is 9.42 Å². The SMILES string of the molecule is CC(C)(C)N1C[C@@H](c2nc(-c3ccc4c(c3)CCC4)no2)CC1=O. The summed E-state index contributed by atoms with van der Waals surface area (Å²) in [6.07, 6.45) is 3.97. The first kappa shape index (κ1) is 15.4. The number of nitrogens with zero attached hydrogens (tertiary/aromatic N) is 3. The molecular weight excluding hydrogens is 302 g/mol. The predicted molar refractivity (Wildman–Crippen MR) is 90.6 cm³/mol. The van der Waals surface area contributed by atoms with Gasteiger partial charge in [0.2, 0.25) is 17.6 Å². The fraction of sp³-hybridized carbons (Fsp3) is 0.526. The van der Waals surface area contributed by atoms with E-state index in [1.54, 1.807) is 0 Å². The maximum atomic E-state index is 12.2. The van der Waals surface area contributed by atoms with E-state index >= 15 is 0 Å². The highest BCUT2D eigenvalue weighted by Crippen LogP contribution is 2.33. The predicted octanol–water partition coefficient (Wildman–Crippen LogP) is 3.34. The molecule has 1 aliphatic heterocycles. The maximum Gasteiger partial charge on any atom is 0.232 e. The largest absolute Gasteiger partial charge is 0.339 e.